The third-order valence-electron chi connectivity index (χ3n) is 3.72. The number of ether oxygens (including phenoxy) is 1. The number of sulfonamides is 1. The molecule has 1 aromatic heterocycles. The number of hydrogen-bond acceptors (Lipinski definition) is 5. The third-order valence-corrected chi connectivity index (χ3v) is 4.65. The van der Waals surface area contributed by atoms with Crippen molar-refractivity contribution in [2.75, 3.05) is 7.11 Å². The molecule has 1 heterocycles. The van der Waals surface area contributed by atoms with Gasteiger partial charge in [-0.1, -0.05) is 0 Å². The molecule has 0 aliphatic carbocycles. The topological polar surface area (TPSA) is 125 Å². The SMILES string of the molecule is COc1ccc(-c2cc(C(=O)O)nn2-c2ccc(S(N)(=O)=O)cc2)cc1. The monoisotopic (exact) mass is 373 g/mol. The van der Waals surface area contributed by atoms with Gasteiger partial charge >= 0.3 is 5.97 Å². The molecule has 0 saturated heterocycles. The van der Waals surface area contributed by atoms with E-state index in [9.17, 15) is 18.3 Å². The van der Waals surface area contributed by atoms with E-state index in [-0.39, 0.29) is 10.6 Å². The van der Waals surface area contributed by atoms with Crippen LogP contribution in [0.3, 0.4) is 0 Å². The van der Waals surface area contributed by atoms with Crippen LogP contribution in [0.4, 0.5) is 0 Å². The summed E-state index contributed by atoms with van der Waals surface area (Å²) >= 11 is 0. The van der Waals surface area contributed by atoms with Gasteiger partial charge < -0.3 is 9.84 Å². The lowest BCUT2D eigenvalue weighted by Gasteiger charge is -2.09. The number of carbonyl (C=O) groups is 1. The van der Waals surface area contributed by atoms with Crippen molar-refractivity contribution in [2.45, 2.75) is 4.90 Å². The number of nitrogens with two attached hydrogens (primary N) is 1. The second kappa shape index (κ2) is 6.62. The molecule has 0 spiro atoms. The molecule has 3 N–H and O–H groups in total. The van der Waals surface area contributed by atoms with E-state index in [0.29, 0.717) is 17.1 Å². The van der Waals surface area contributed by atoms with Crippen molar-refractivity contribution >= 4 is 16.0 Å². The summed E-state index contributed by atoms with van der Waals surface area (Å²) < 4.78 is 29.3. The summed E-state index contributed by atoms with van der Waals surface area (Å²) in [7, 11) is -2.27. The third kappa shape index (κ3) is 3.44. The average molecular weight is 373 g/mol. The van der Waals surface area contributed by atoms with Crippen molar-refractivity contribution in [2.24, 2.45) is 5.14 Å². The van der Waals surface area contributed by atoms with Crippen molar-refractivity contribution in [3.8, 4) is 22.7 Å². The maximum Gasteiger partial charge on any atom is 0.356 e. The minimum Gasteiger partial charge on any atom is -0.497 e. The van der Waals surface area contributed by atoms with Gasteiger partial charge in [0.2, 0.25) is 10.0 Å². The average Bonchev–Trinajstić information content (AvgIpc) is 3.07. The molecular formula is C17H15N3O5S. The van der Waals surface area contributed by atoms with Crippen LogP contribution in [0.2, 0.25) is 0 Å². The number of rotatable bonds is 5. The number of hydrogen-bond donors (Lipinski definition) is 2. The summed E-state index contributed by atoms with van der Waals surface area (Å²) in [6.45, 7) is 0. The van der Waals surface area contributed by atoms with Crippen LogP contribution in [0.15, 0.2) is 59.5 Å². The van der Waals surface area contributed by atoms with Gasteiger partial charge in [-0.15, -0.1) is 0 Å². The van der Waals surface area contributed by atoms with Gasteiger partial charge in [-0.05, 0) is 54.6 Å². The molecule has 2 aromatic carbocycles. The Morgan fingerprint density at radius 2 is 1.73 bits per heavy atom. The maximum atomic E-state index is 11.4. The van der Waals surface area contributed by atoms with Crippen LogP contribution in [-0.2, 0) is 10.0 Å². The second-order valence-corrected chi connectivity index (χ2v) is 6.96. The Bertz CT molecular complexity index is 1050. The summed E-state index contributed by atoms with van der Waals surface area (Å²) in [6.07, 6.45) is 0. The maximum absolute atomic E-state index is 11.4. The van der Waals surface area contributed by atoms with E-state index in [1.165, 1.54) is 35.0 Å². The Kier molecular flexibility index (Phi) is 4.49. The van der Waals surface area contributed by atoms with Gasteiger partial charge in [-0.3, -0.25) is 0 Å². The molecule has 3 aromatic rings. The van der Waals surface area contributed by atoms with Gasteiger partial charge in [0, 0.05) is 5.56 Å². The summed E-state index contributed by atoms with van der Waals surface area (Å²) in [4.78, 5) is 11.3. The molecule has 26 heavy (non-hydrogen) atoms. The zero-order valence-electron chi connectivity index (χ0n) is 13.7. The number of aromatic carboxylic acids is 1. The molecule has 3 rings (SSSR count). The molecule has 0 radical (unpaired) electrons. The van der Waals surface area contributed by atoms with Gasteiger partial charge in [0.05, 0.1) is 23.4 Å². The van der Waals surface area contributed by atoms with Crippen molar-refractivity contribution in [1.29, 1.82) is 0 Å². The fourth-order valence-electron chi connectivity index (χ4n) is 2.43. The molecule has 134 valence electrons. The van der Waals surface area contributed by atoms with E-state index in [1.807, 2.05) is 0 Å². The lowest BCUT2D eigenvalue weighted by Crippen LogP contribution is -2.12. The molecule has 8 nitrogen and oxygen atoms in total. The predicted molar refractivity (Wildman–Crippen MR) is 93.9 cm³/mol. The normalized spacial score (nSPS) is 11.3. The zero-order chi connectivity index (χ0) is 18.9. The lowest BCUT2D eigenvalue weighted by molar-refractivity contribution is 0.0690. The van der Waals surface area contributed by atoms with Crippen LogP contribution < -0.4 is 9.88 Å². The summed E-state index contributed by atoms with van der Waals surface area (Å²) in [5.41, 5.74) is 1.62. The van der Waals surface area contributed by atoms with E-state index >= 15 is 0 Å². The molecule has 0 saturated carbocycles. The van der Waals surface area contributed by atoms with Gasteiger partial charge in [0.15, 0.2) is 5.69 Å². The minimum absolute atomic E-state index is 0.0436. The Morgan fingerprint density at radius 1 is 1.12 bits per heavy atom. The van der Waals surface area contributed by atoms with Crippen LogP contribution in [-0.4, -0.2) is 36.4 Å². The Balaban J connectivity index is 2.12. The van der Waals surface area contributed by atoms with Gasteiger partial charge in [-0.2, -0.15) is 5.10 Å². The highest BCUT2D eigenvalue weighted by molar-refractivity contribution is 7.89. The van der Waals surface area contributed by atoms with E-state index < -0.39 is 16.0 Å². The van der Waals surface area contributed by atoms with E-state index in [0.717, 1.165) is 5.56 Å². The highest BCUT2D eigenvalue weighted by Crippen LogP contribution is 2.26. The Labute approximate surface area is 149 Å². The van der Waals surface area contributed by atoms with Gasteiger partial charge in [0.1, 0.15) is 5.75 Å². The first-order valence-corrected chi connectivity index (χ1v) is 8.95. The lowest BCUT2D eigenvalue weighted by atomic mass is 10.1. The number of carboxylic acids is 1. The zero-order valence-corrected chi connectivity index (χ0v) is 14.5. The molecule has 0 amide bonds. The van der Waals surface area contributed by atoms with Crippen molar-refractivity contribution in [1.82, 2.24) is 9.78 Å². The standard InChI is InChI=1S/C17H15N3O5S/c1-25-13-6-2-11(3-7-13)16-10-15(17(21)22)19-20(16)12-4-8-14(9-5-12)26(18,23)24/h2-10H,1H3,(H,21,22)(H2,18,23,24). The highest BCUT2D eigenvalue weighted by atomic mass is 32.2. The van der Waals surface area contributed by atoms with Crippen LogP contribution in [0.25, 0.3) is 16.9 Å². The van der Waals surface area contributed by atoms with Gasteiger partial charge in [-0.25, -0.2) is 23.0 Å². The van der Waals surface area contributed by atoms with Crippen molar-refractivity contribution in [3.63, 3.8) is 0 Å². The quantitative estimate of drug-likeness (QED) is 0.704. The van der Waals surface area contributed by atoms with Crippen molar-refractivity contribution < 1.29 is 23.1 Å². The van der Waals surface area contributed by atoms with Gasteiger partial charge in [0.25, 0.3) is 0 Å². The molecule has 0 atom stereocenters. The van der Waals surface area contributed by atoms with E-state index in [1.54, 1.807) is 31.4 Å². The molecule has 0 aliphatic heterocycles. The second-order valence-electron chi connectivity index (χ2n) is 5.40. The van der Waals surface area contributed by atoms with Crippen LogP contribution in [0, 0.1) is 0 Å². The molecule has 9 heteroatoms. The molecule has 0 bridgehead atoms. The molecule has 0 fully saturated rings. The molecule has 0 aliphatic rings. The molecular weight excluding hydrogens is 358 g/mol. The summed E-state index contributed by atoms with van der Waals surface area (Å²) in [5, 5.41) is 18.5. The fraction of sp³-hybridized carbons (Fsp3) is 0.0588. The number of benzene rings is 2. The first kappa shape index (κ1) is 17.6. The van der Waals surface area contributed by atoms with E-state index in [4.69, 9.17) is 9.88 Å². The number of primary sulfonamides is 1. The minimum atomic E-state index is -3.82. The van der Waals surface area contributed by atoms with Crippen molar-refractivity contribution in [3.05, 3.63) is 60.3 Å². The van der Waals surface area contributed by atoms with E-state index in [2.05, 4.69) is 5.10 Å². The van der Waals surface area contributed by atoms with Crippen LogP contribution >= 0.6 is 0 Å². The smallest absolute Gasteiger partial charge is 0.356 e. The van der Waals surface area contributed by atoms with Crippen LogP contribution in [0.1, 0.15) is 10.5 Å². The largest absolute Gasteiger partial charge is 0.497 e. The first-order chi connectivity index (χ1) is 12.3. The number of nitrogens with zero attached hydrogens (tertiary/aromatic N) is 2. The number of carboxylic acid groups (broad SMARTS) is 1. The number of aromatic nitrogens is 2. The predicted octanol–water partition coefficient (Wildman–Crippen LogP) is 1.89. The Hall–Kier alpha value is -3.17. The number of methoxy groups -OCH3 is 1. The first-order valence-electron chi connectivity index (χ1n) is 7.40. The summed E-state index contributed by atoms with van der Waals surface area (Å²) in [6, 6.07) is 14.2. The Morgan fingerprint density at radius 3 is 2.23 bits per heavy atom. The molecule has 0 unspecified atom stereocenters. The fourth-order valence-corrected chi connectivity index (χ4v) is 2.94. The highest BCUT2D eigenvalue weighted by Gasteiger charge is 2.17. The summed E-state index contributed by atoms with van der Waals surface area (Å²) in [5.74, 6) is -0.504. The van der Waals surface area contributed by atoms with Crippen LogP contribution in [0.5, 0.6) is 5.75 Å².